The maximum atomic E-state index is 9.55. The van der Waals surface area contributed by atoms with E-state index in [0.717, 1.165) is 30.9 Å². The zero-order chi connectivity index (χ0) is 17.4. The first-order valence-corrected chi connectivity index (χ1v) is 7.62. The molecule has 2 rings (SSSR count). The largest absolute Gasteiger partial charge is 0.478 e. The van der Waals surface area contributed by atoms with Crippen LogP contribution in [0, 0.1) is 0 Å². The van der Waals surface area contributed by atoms with Crippen molar-refractivity contribution in [1.82, 2.24) is 9.88 Å². The van der Waals surface area contributed by atoms with Gasteiger partial charge in [0.25, 0.3) is 0 Å². The van der Waals surface area contributed by atoms with Gasteiger partial charge in [-0.25, -0.2) is 14.6 Å². The summed E-state index contributed by atoms with van der Waals surface area (Å²) in [6, 6.07) is 0. The molecule has 0 radical (unpaired) electrons. The Morgan fingerprint density at radius 1 is 1.39 bits per heavy atom. The lowest BCUT2D eigenvalue weighted by Crippen LogP contribution is -2.27. The van der Waals surface area contributed by atoms with Crippen LogP contribution in [0.5, 0.6) is 0 Å². The molecule has 0 unspecified atom stereocenters. The number of hydrogen-bond donors (Lipinski definition) is 3. The Labute approximate surface area is 138 Å². The van der Waals surface area contributed by atoms with Crippen molar-refractivity contribution in [2.75, 3.05) is 18.8 Å². The summed E-state index contributed by atoms with van der Waals surface area (Å²) >= 11 is 1.49. The number of thiazole rings is 1. The minimum absolute atomic E-state index is 0.558. The number of hydrogen-bond acceptors (Lipinski definition) is 6. The molecule has 2 heterocycles. The average Bonchev–Trinajstić information content (AvgIpc) is 2.92. The molecule has 1 aliphatic heterocycles. The summed E-state index contributed by atoms with van der Waals surface area (Å²) in [6.45, 7) is 7.96. The van der Waals surface area contributed by atoms with Crippen molar-refractivity contribution in [2.24, 2.45) is 0 Å². The molecule has 0 saturated heterocycles. The first-order valence-electron chi connectivity index (χ1n) is 6.74. The Morgan fingerprint density at radius 2 is 2.00 bits per heavy atom. The highest BCUT2D eigenvalue weighted by atomic mass is 32.1. The SMILES string of the molecule is C=C(C)N1CCC=C(c2csc(N)n2)C1.O=C(O)/C=C/C(=O)O. The number of carbonyl (C=O) groups is 2. The molecule has 1 aromatic heterocycles. The number of rotatable bonds is 4. The quantitative estimate of drug-likeness (QED) is 0.720. The second kappa shape index (κ2) is 8.74. The van der Waals surface area contributed by atoms with Gasteiger partial charge < -0.3 is 20.8 Å². The monoisotopic (exact) mass is 337 g/mol. The minimum Gasteiger partial charge on any atom is -0.478 e. The molecule has 0 aliphatic carbocycles. The molecule has 7 nitrogen and oxygen atoms in total. The van der Waals surface area contributed by atoms with Gasteiger partial charge in [-0.15, -0.1) is 11.3 Å². The van der Waals surface area contributed by atoms with E-state index < -0.39 is 11.9 Å². The normalized spacial score (nSPS) is 14.0. The molecule has 0 aromatic carbocycles. The van der Waals surface area contributed by atoms with E-state index in [9.17, 15) is 9.59 Å². The fourth-order valence-electron chi connectivity index (χ4n) is 1.83. The van der Waals surface area contributed by atoms with E-state index in [1.165, 1.54) is 16.9 Å². The van der Waals surface area contributed by atoms with E-state index >= 15 is 0 Å². The van der Waals surface area contributed by atoms with Gasteiger partial charge >= 0.3 is 11.9 Å². The van der Waals surface area contributed by atoms with E-state index in [2.05, 4.69) is 22.5 Å². The van der Waals surface area contributed by atoms with Gasteiger partial charge in [0.15, 0.2) is 5.13 Å². The molecular weight excluding hydrogens is 318 g/mol. The number of allylic oxidation sites excluding steroid dienone is 1. The molecule has 0 bridgehead atoms. The van der Waals surface area contributed by atoms with E-state index in [1.54, 1.807) is 0 Å². The summed E-state index contributed by atoms with van der Waals surface area (Å²) in [4.78, 5) is 25.7. The lowest BCUT2D eigenvalue weighted by Gasteiger charge is -2.28. The summed E-state index contributed by atoms with van der Waals surface area (Å²) in [6.07, 6.45) is 4.41. The molecule has 1 aromatic rings. The van der Waals surface area contributed by atoms with Crippen molar-refractivity contribution in [3.63, 3.8) is 0 Å². The fraction of sp³-hybridized carbons (Fsp3) is 0.267. The molecule has 0 saturated carbocycles. The number of nitrogens with two attached hydrogens (primary N) is 1. The van der Waals surface area contributed by atoms with Gasteiger partial charge in [0.2, 0.25) is 0 Å². The fourth-order valence-corrected chi connectivity index (χ4v) is 2.42. The van der Waals surface area contributed by atoms with Gasteiger partial charge in [-0.3, -0.25) is 0 Å². The minimum atomic E-state index is -1.26. The first kappa shape index (κ1) is 18.4. The predicted octanol–water partition coefficient (Wildman–Crippen LogP) is 2.06. The molecule has 8 heteroatoms. The van der Waals surface area contributed by atoms with Crippen LogP contribution in [0.25, 0.3) is 5.57 Å². The topological polar surface area (TPSA) is 117 Å². The maximum absolute atomic E-state index is 9.55. The van der Waals surface area contributed by atoms with Crippen molar-refractivity contribution in [3.05, 3.63) is 41.6 Å². The number of carboxylic acids is 2. The van der Waals surface area contributed by atoms with Gasteiger partial charge in [0.05, 0.1) is 5.69 Å². The second-order valence-electron chi connectivity index (χ2n) is 4.76. The van der Waals surface area contributed by atoms with E-state index in [4.69, 9.17) is 15.9 Å². The van der Waals surface area contributed by atoms with Crippen molar-refractivity contribution in [1.29, 1.82) is 0 Å². The summed E-state index contributed by atoms with van der Waals surface area (Å²) < 4.78 is 0. The Balaban J connectivity index is 0.000000284. The van der Waals surface area contributed by atoms with E-state index in [0.29, 0.717) is 17.3 Å². The van der Waals surface area contributed by atoms with Crippen molar-refractivity contribution >= 4 is 34.0 Å². The van der Waals surface area contributed by atoms with Gasteiger partial charge in [-0.2, -0.15) is 0 Å². The number of carboxylic acid groups (broad SMARTS) is 2. The van der Waals surface area contributed by atoms with Gasteiger partial charge in [0, 0.05) is 36.3 Å². The molecule has 0 amide bonds. The average molecular weight is 337 g/mol. The molecule has 124 valence electrons. The Bertz CT molecular complexity index is 633. The summed E-state index contributed by atoms with van der Waals surface area (Å²) in [7, 11) is 0. The van der Waals surface area contributed by atoms with E-state index in [-0.39, 0.29) is 0 Å². The predicted molar refractivity (Wildman–Crippen MR) is 89.9 cm³/mol. The Hall–Kier alpha value is -2.61. The molecule has 0 spiro atoms. The molecule has 0 fully saturated rings. The standard InChI is InChI=1S/C11H15N3S.C4H4O4/c1-8(2)14-5-3-4-9(6-14)10-7-15-11(12)13-10;5-3(6)1-2-4(7)8/h4,7H,1,3,5-6H2,2H3,(H2,12,13);1-2H,(H,5,6)(H,7,8)/b;2-1+. The van der Waals surface area contributed by atoms with Crippen LogP contribution in [0.4, 0.5) is 5.13 Å². The van der Waals surface area contributed by atoms with Crippen LogP contribution in [0.3, 0.4) is 0 Å². The highest BCUT2D eigenvalue weighted by Gasteiger charge is 2.14. The Kier molecular flexibility index (Phi) is 7.01. The first-order chi connectivity index (χ1) is 10.8. The molecule has 23 heavy (non-hydrogen) atoms. The summed E-state index contributed by atoms with van der Waals surface area (Å²) in [5, 5.41) is 18.3. The molecule has 1 aliphatic rings. The van der Waals surface area contributed by atoms with Gasteiger partial charge in [0.1, 0.15) is 0 Å². The molecule has 4 N–H and O–H groups in total. The molecular formula is C15H19N3O4S. The van der Waals surface area contributed by atoms with Gasteiger partial charge in [-0.1, -0.05) is 12.7 Å². The highest BCUT2D eigenvalue weighted by molar-refractivity contribution is 7.13. The van der Waals surface area contributed by atoms with Crippen molar-refractivity contribution in [2.45, 2.75) is 13.3 Å². The zero-order valence-electron chi connectivity index (χ0n) is 12.7. The number of anilines is 1. The number of nitrogen functional groups attached to an aromatic ring is 1. The number of nitrogens with zero attached hydrogens (tertiary/aromatic N) is 2. The third kappa shape index (κ3) is 6.79. The third-order valence-corrected chi connectivity index (χ3v) is 3.58. The molecule has 0 atom stereocenters. The zero-order valence-corrected chi connectivity index (χ0v) is 13.5. The Morgan fingerprint density at radius 3 is 2.43 bits per heavy atom. The van der Waals surface area contributed by atoms with Crippen LogP contribution in [-0.4, -0.2) is 45.1 Å². The smallest absolute Gasteiger partial charge is 0.328 e. The maximum Gasteiger partial charge on any atom is 0.328 e. The summed E-state index contributed by atoms with van der Waals surface area (Å²) in [5.74, 6) is -2.51. The number of aliphatic carboxylic acids is 2. The lowest BCUT2D eigenvalue weighted by molar-refractivity contribution is -0.134. The highest BCUT2D eigenvalue weighted by Crippen LogP contribution is 2.24. The van der Waals surface area contributed by atoms with Crippen LogP contribution in [0.2, 0.25) is 0 Å². The van der Waals surface area contributed by atoms with E-state index in [1.807, 2.05) is 12.3 Å². The van der Waals surface area contributed by atoms with Crippen molar-refractivity contribution < 1.29 is 19.8 Å². The summed E-state index contributed by atoms with van der Waals surface area (Å²) in [5.41, 5.74) is 9.02. The van der Waals surface area contributed by atoms with Crippen LogP contribution >= 0.6 is 11.3 Å². The van der Waals surface area contributed by atoms with Crippen LogP contribution in [-0.2, 0) is 9.59 Å². The van der Waals surface area contributed by atoms with Crippen LogP contribution < -0.4 is 5.73 Å². The van der Waals surface area contributed by atoms with Crippen molar-refractivity contribution in [3.8, 4) is 0 Å². The van der Waals surface area contributed by atoms with Crippen LogP contribution in [0.1, 0.15) is 19.0 Å². The number of aromatic nitrogens is 1. The van der Waals surface area contributed by atoms with Gasteiger partial charge in [-0.05, 0) is 18.9 Å². The second-order valence-corrected chi connectivity index (χ2v) is 5.65. The van der Waals surface area contributed by atoms with Crippen LogP contribution in [0.15, 0.2) is 35.9 Å². The lowest BCUT2D eigenvalue weighted by atomic mass is 10.1. The third-order valence-electron chi connectivity index (χ3n) is 2.91.